The third-order valence-electron chi connectivity index (χ3n) is 7.50. The SMILES string of the molecule is CC1=C2[C@@H]3OC(=O)[C@@H](CN(C)[C@@H](C)[C@@H](O)c4ccccc4)[C@@H]3CC[C@@]2(C)C=CC1=O. The van der Waals surface area contributed by atoms with Crippen LogP contribution < -0.4 is 0 Å². The molecule has 2 fully saturated rings. The monoisotopic (exact) mass is 409 g/mol. The molecule has 0 unspecified atom stereocenters. The molecule has 4 rings (SSSR count). The van der Waals surface area contributed by atoms with Crippen molar-refractivity contribution >= 4 is 11.8 Å². The molecule has 1 saturated heterocycles. The summed E-state index contributed by atoms with van der Waals surface area (Å²) < 4.78 is 5.88. The highest BCUT2D eigenvalue weighted by Crippen LogP contribution is 2.53. The Morgan fingerprint density at radius 3 is 2.67 bits per heavy atom. The summed E-state index contributed by atoms with van der Waals surface area (Å²) in [6.45, 7) is 6.49. The number of benzene rings is 1. The fourth-order valence-corrected chi connectivity index (χ4v) is 5.43. The molecule has 30 heavy (non-hydrogen) atoms. The van der Waals surface area contributed by atoms with Gasteiger partial charge in [-0.15, -0.1) is 0 Å². The summed E-state index contributed by atoms with van der Waals surface area (Å²) in [5, 5.41) is 10.8. The van der Waals surface area contributed by atoms with Crippen LogP contribution in [0.2, 0.25) is 0 Å². The quantitative estimate of drug-likeness (QED) is 0.755. The number of nitrogens with zero attached hydrogens (tertiary/aromatic N) is 1. The first-order chi connectivity index (χ1) is 14.2. The minimum atomic E-state index is -0.634. The van der Waals surface area contributed by atoms with Crippen LogP contribution in [0.4, 0.5) is 0 Å². The maximum Gasteiger partial charge on any atom is 0.311 e. The van der Waals surface area contributed by atoms with Gasteiger partial charge in [0, 0.05) is 29.5 Å². The van der Waals surface area contributed by atoms with Gasteiger partial charge in [0.1, 0.15) is 6.10 Å². The number of allylic oxidation sites excluding steroid dienone is 3. The Hall–Kier alpha value is -2.24. The molecular weight excluding hydrogens is 378 g/mol. The van der Waals surface area contributed by atoms with Crippen LogP contribution in [0.25, 0.3) is 0 Å². The third kappa shape index (κ3) is 3.44. The van der Waals surface area contributed by atoms with Gasteiger partial charge in [0.15, 0.2) is 5.78 Å². The average Bonchev–Trinajstić information content (AvgIpc) is 3.05. The molecule has 0 amide bonds. The van der Waals surface area contributed by atoms with E-state index in [1.807, 2.05) is 62.2 Å². The average molecular weight is 410 g/mol. The van der Waals surface area contributed by atoms with Gasteiger partial charge in [0.2, 0.25) is 0 Å². The Labute approximate surface area is 178 Å². The number of rotatable bonds is 5. The lowest BCUT2D eigenvalue weighted by atomic mass is 9.61. The largest absolute Gasteiger partial charge is 0.457 e. The smallest absolute Gasteiger partial charge is 0.311 e. The van der Waals surface area contributed by atoms with E-state index in [0.717, 1.165) is 29.6 Å². The third-order valence-corrected chi connectivity index (χ3v) is 7.50. The first-order valence-electron chi connectivity index (χ1n) is 10.8. The summed E-state index contributed by atoms with van der Waals surface area (Å²) in [4.78, 5) is 27.2. The van der Waals surface area contributed by atoms with Crippen molar-refractivity contribution in [3.8, 4) is 0 Å². The van der Waals surface area contributed by atoms with E-state index < -0.39 is 6.10 Å². The van der Waals surface area contributed by atoms with Gasteiger partial charge in [-0.3, -0.25) is 14.5 Å². The predicted octanol–water partition coefficient (Wildman–Crippen LogP) is 3.45. The summed E-state index contributed by atoms with van der Waals surface area (Å²) in [7, 11) is 1.95. The number of aliphatic hydroxyl groups is 1. The highest BCUT2D eigenvalue weighted by Gasteiger charge is 2.54. The zero-order valence-corrected chi connectivity index (χ0v) is 18.2. The van der Waals surface area contributed by atoms with Gasteiger partial charge in [-0.25, -0.2) is 0 Å². The number of ketones is 1. The molecule has 1 aromatic carbocycles. The Morgan fingerprint density at radius 1 is 1.27 bits per heavy atom. The number of likely N-dealkylation sites (N-methyl/N-ethyl adjacent to an activating group) is 1. The van der Waals surface area contributed by atoms with Crippen LogP contribution in [0.1, 0.15) is 45.3 Å². The van der Waals surface area contributed by atoms with Gasteiger partial charge in [-0.05, 0) is 50.9 Å². The van der Waals surface area contributed by atoms with E-state index in [1.165, 1.54) is 0 Å². The summed E-state index contributed by atoms with van der Waals surface area (Å²) in [5.41, 5.74) is 2.37. The second-order valence-corrected chi connectivity index (χ2v) is 9.36. The Bertz CT molecular complexity index is 905. The lowest BCUT2D eigenvalue weighted by Gasteiger charge is -2.43. The maximum atomic E-state index is 12.9. The number of ether oxygens (including phenoxy) is 1. The number of carbonyl (C=O) groups excluding carboxylic acids is 2. The van der Waals surface area contributed by atoms with Crippen LogP contribution in [-0.4, -0.2) is 47.5 Å². The fraction of sp³-hybridized carbons (Fsp3) is 0.520. The fourth-order valence-electron chi connectivity index (χ4n) is 5.43. The molecule has 0 radical (unpaired) electrons. The Kier molecular flexibility index (Phi) is 5.45. The summed E-state index contributed by atoms with van der Waals surface area (Å²) in [6.07, 6.45) is 4.48. The Balaban J connectivity index is 1.52. The molecule has 1 heterocycles. The normalized spacial score (nSPS) is 32.7. The highest BCUT2D eigenvalue weighted by molar-refractivity contribution is 6.05. The maximum absolute atomic E-state index is 12.9. The molecule has 5 nitrogen and oxygen atoms in total. The number of hydrogen-bond donors (Lipinski definition) is 1. The van der Waals surface area contributed by atoms with Gasteiger partial charge in [0.25, 0.3) is 0 Å². The molecule has 1 aromatic rings. The zero-order chi connectivity index (χ0) is 21.6. The molecule has 2 aliphatic carbocycles. The van der Waals surface area contributed by atoms with E-state index >= 15 is 0 Å². The van der Waals surface area contributed by atoms with E-state index in [0.29, 0.717) is 6.54 Å². The molecule has 0 bridgehead atoms. The van der Waals surface area contributed by atoms with Crippen LogP contribution in [0.15, 0.2) is 53.6 Å². The highest BCUT2D eigenvalue weighted by atomic mass is 16.6. The Morgan fingerprint density at radius 2 is 1.97 bits per heavy atom. The van der Waals surface area contributed by atoms with Crippen LogP contribution in [0.5, 0.6) is 0 Å². The number of fused-ring (bicyclic) bond motifs is 3. The van der Waals surface area contributed by atoms with Gasteiger partial charge < -0.3 is 9.84 Å². The van der Waals surface area contributed by atoms with Gasteiger partial charge >= 0.3 is 5.97 Å². The van der Waals surface area contributed by atoms with Crippen LogP contribution >= 0.6 is 0 Å². The second-order valence-electron chi connectivity index (χ2n) is 9.36. The molecule has 1 aliphatic heterocycles. The number of esters is 1. The van der Waals surface area contributed by atoms with Gasteiger partial charge in [-0.1, -0.05) is 43.3 Å². The van der Waals surface area contributed by atoms with Crippen molar-refractivity contribution in [1.82, 2.24) is 4.90 Å². The van der Waals surface area contributed by atoms with E-state index in [2.05, 4.69) is 6.92 Å². The molecule has 3 aliphatic rings. The molecule has 0 spiro atoms. The zero-order valence-electron chi connectivity index (χ0n) is 18.2. The van der Waals surface area contributed by atoms with Crippen LogP contribution in [0.3, 0.4) is 0 Å². The van der Waals surface area contributed by atoms with Crippen LogP contribution in [0, 0.1) is 17.3 Å². The minimum Gasteiger partial charge on any atom is -0.457 e. The van der Waals surface area contributed by atoms with Crippen molar-refractivity contribution in [1.29, 1.82) is 0 Å². The van der Waals surface area contributed by atoms with Crippen LogP contribution in [-0.2, 0) is 14.3 Å². The first-order valence-corrected chi connectivity index (χ1v) is 10.8. The summed E-state index contributed by atoms with van der Waals surface area (Å²) >= 11 is 0. The van der Waals surface area contributed by atoms with Gasteiger partial charge in [0.05, 0.1) is 12.0 Å². The molecule has 1 N–H and O–H groups in total. The van der Waals surface area contributed by atoms with Crippen molar-refractivity contribution in [2.24, 2.45) is 17.3 Å². The molecule has 5 heteroatoms. The van der Waals surface area contributed by atoms with E-state index in [4.69, 9.17) is 4.74 Å². The van der Waals surface area contributed by atoms with Crippen molar-refractivity contribution in [3.05, 3.63) is 59.2 Å². The topological polar surface area (TPSA) is 66.8 Å². The second kappa shape index (κ2) is 7.78. The van der Waals surface area contributed by atoms with E-state index in [9.17, 15) is 14.7 Å². The van der Waals surface area contributed by atoms with Crippen molar-refractivity contribution in [2.45, 2.75) is 51.9 Å². The lowest BCUT2D eigenvalue weighted by molar-refractivity contribution is -0.144. The molecule has 1 saturated carbocycles. The summed E-state index contributed by atoms with van der Waals surface area (Å²) in [6, 6.07) is 9.45. The lowest BCUT2D eigenvalue weighted by Crippen LogP contribution is -2.43. The number of hydrogen-bond acceptors (Lipinski definition) is 5. The molecular formula is C25H31NO4. The standard InChI is InChI=1S/C25H31NO4/c1-15-20(27)11-13-25(3)12-10-18-19(24(29)30-23(18)21(15)25)14-26(4)16(2)22(28)17-8-6-5-7-9-17/h5-9,11,13,16,18-19,22-23,28H,10,12,14H2,1-4H3/t16-,18-,19-,22+,23+,25-/m0/s1. The minimum absolute atomic E-state index is 0.0133. The van der Waals surface area contributed by atoms with Crippen molar-refractivity contribution in [3.63, 3.8) is 0 Å². The number of carbonyl (C=O) groups is 2. The molecule has 160 valence electrons. The first kappa shape index (κ1) is 21.0. The molecule has 0 aromatic heterocycles. The summed E-state index contributed by atoms with van der Waals surface area (Å²) in [5.74, 6) is -0.362. The molecule has 6 atom stereocenters. The van der Waals surface area contributed by atoms with Crippen molar-refractivity contribution < 1.29 is 19.4 Å². The van der Waals surface area contributed by atoms with Gasteiger partial charge in [-0.2, -0.15) is 0 Å². The van der Waals surface area contributed by atoms with E-state index in [1.54, 1.807) is 6.08 Å². The van der Waals surface area contributed by atoms with E-state index in [-0.39, 0.29) is 41.1 Å². The van der Waals surface area contributed by atoms with Crippen molar-refractivity contribution in [2.75, 3.05) is 13.6 Å². The predicted molar refractivity (Wildman–Crippen MR) is 115 cm³/mol. The number of aliphatic hydroxyl groups excluding tert-OH is 1.